The summed E-state index contributed by atoms with van der Waals surface area (Å²) in [5, 5.41) is 12.5. The molecule has 0 aliphatic heterocycles. The molecule has 1 heterocycles. The van der Waals surface area contributed by atoms with E-state index in [0.29, 0.717) is 17.9 Å². The van der Waals surface area contributed by atoms with Crippen molar-refractivity contribution in [1.82, 2.24) is 31.1 Å². The Morgan fingerprint density at radius 3 is 2.48 bits per heavy atom. The van der Waals surface area contributed by atoms with Gasteiger partial charge in [-0.3, -0.25) is 20.4 Å². The first-order chi connectivity index (χ1) is 16.1. The maximum Gasteiger partial charge on any atom is 0.276 e. The lowest BCUT2D eigenvalue weighted by Crippen LogP contribution is -2.43. The molecular formula is C23H19FN6O3. The number of benzene rings is 3. The molecule has 0 bridgehead atoms. The topological polar surface area (TPSA) is 111 Å². The number of amides is 2. The van der Waals surface area contributed by atoms with E-state index < -0.39 is 17.6 Å². The van der Waals surface area contributed by atoms with E-state index in [2.05, 4.69) is 26.3 Å². The molecule has 2 N–H and O–H groups in total. The normalized spacial score (nSPS) is 10.5. The van der Waals surface area contributed by atoms with Gasteiger partial charge in [-0.1, -0.05) is 48.5 Å². The van der Waals surface area contributed by atoms with Crippen LogP contribution >= 0.6 is 0 Å². The molecule has 4 rings (SSSR count). The Hall–Kier alpha value is -4.60. The summed E-state index contributed by atoms with van der Waals surface area (Å²) in [6.07, 6.45) is 0. The van der Waals surface area contributed by atoms with E-state index in [1.165, 1.54) is 23.0 Å². The molecule has 0 spiro atoms. The van der Waals surface area contributed by atoms with Crippen molar-refractivity contribution in [3.8, 4) is 17.1 Å². The second-order valence-corrected chi connectivity index (χ2v) is 6.95. The third kappa shape index (κ3) is 5.97. The Morgan fingerprint density at radius 2 is 1.73 bits per heavy atom. The predicted octanol–water partition coefficient (Wildman–Crippen LogP) is 2.37. The number of nitrogens with zero attached hydrogens (tertiary/aromatic N) is 4. The minimum absolute atomic E-state index is 0.213. The predicted molar refractivity (Wildman–Crippen MR) is 116 cm³/mol. The summed E-state index contributed by atoms with van der Waals surface area (Å²) in [7, 11) is 0. The summed E-state index contributed by atoms with van der Waals surface area (Å²) in [5.74, 6) is -0.809. The third-order valence-electron chi connectivity index (χ3n) is 4.51. The lowest BCUT2D eigenvalue weighted by atomic mass is 10.1. The number of halogens is 1. The molecule has 1 aromatic heterocycles. The van der Waals surface area contributed by atoms with Crippen molar-refractivity contribution in [1.29, 1.82) is 0 Å². The number of carbonyl (C=O) groups excluding carboxylic acids is 2. The number of carbonyl (C=O) groups is 2. The summed E-state index contributed by atoms with van der Waals surface area (Å²) in [4.78, 5) is 25.5. The zero-order chi connectivity index (χ0) is 23.0. The number of hydrogen-bond donors (Lipinski definition) is 2. The number of tetrazole rings is 1. The summed E-state index contributed by atoms with van der Waals surface area (Å²) in [6, 6.07) is 21.7. The second-order valence-electron chi connectivity index (χ2n) is 6.95. The fourth-order valence-corrected chi connectivity index (χ4v) is 2.88. The highest BCUT2D eigenvalue weighted by atomic mass is 19.1. The monoisotopic (exact) mass is 446 g/mol. The molecule has 2 amide bonds. The van der Waals surface area contributed by atoms with Crippen LogP contribution in [0, 0.1) is 5.82 Å². The number of hydrazine groups is 1. The lowest BCUT2D eigenvalue weighted by molar-refractivity contribution is -0.123. The molecule has 10 heteroatoms. The molecule has 0 saturated heterocycles. The van der Waals surface area contributed by atoms with Crippen LogP contribution in [0.2, 0.25) is 0 Å². The number of ether oxygens (including phenoxy) is 1. The van der Waals surface area contributed by atoms with Crippen molar-refractivity contribution >= 4 is 11.8 Å². The Bertz CT molecular complexity index is 1240. The molecule has 33 heavy (non-hydrogen) atoms. The van der Waals surface area contributed by atoms with Gasteiger partial charge in [0.2, 0.25) is 5.82 Å². The average Bonchev–Trinajstić information content (AvgIpc) is 3.31. The first kappa shape index (κ1) is 21.6. The molecule has 0 atom stereocenters. The van der Waals surface area contributed by atoms with Gasteiger partial charge >= 0.3 is 0 Å². The second kappa shape index (κ2) is 10.1. The van der Waals surface area contributed by atoms with Crippen LogP contribution in [0.15, 0.2) is 78.9 Å². The molecule has 0 unspecified atom stereocenters. The van der Waals surface area contributed by atoms with Gasteiger partial charge in [-0.15, -0.1) is 10.2 Å². The van der Waals surface area contributed by atoms with Crippen molar-refractivity contribution in [3.63, 3.8) is 0 Å². The molecule has 0 radical (unpaired) electrons. The fourth-order valence-electron chi connectivity index (χ4n) is 2.88. The van der Waals surface area contributed by atoms with E-state index >= 15 is 0 Å². The Kier molecular flexibility index (Phi) is 6.64. The molecule has 0 saturated carbocycles. The van der Waals surface area contributed by atoms with Gasteiger partial charge in [-0.25, -0.2) is 4.39 Å². The van der Waals surface area contributed by atoms with Gasteiger partial charge in [-0.2, -0.15) is 4.80 Å². The largest absolute Gasteiger partial charge is 0.484 e. The van der Waals surface area contributed by atoms with Gasteiger partial charge in [-0.05, 0) is 35.0 Å². The highest BCUT2D eigenvalue weighted by molar-refractivity contribution is 5.95. The van der Waals surface area contributed by atoms with Gasteiger partial charge in [0.25, 0.3) is 11.8 Å². The highest BCUT2D eigenvalue weighted by Gasteiger charge is 2.10. The van der Waals surface area contributed by atoms with Gasteiger partial charge in [0.15, 0.2) is 6.61 Å². The van der Waals surface area contributed by atoms with Crippen LogP contribution in [0.4, 0.5) is 4.39 Å². The minimum Gasteiger partial charge on any atom is -0.484 e. The molecule has 0 aliphatic rings. The summed E-state index contributed by atoms with van der Waals surface area (Å²) in [5.41, 5.74) is 6.65. The van der Waals surface area contributed by atoms with E-state index in [4.69, 9.17) is 4.74 Å². The zero-order valence-corrected chi connectivity index (χ0v) is 17.3. The van der Waals surface area contributed by atoms with Crippen molar-refractivity contribution in [2.75, 3.05) is 6.61 Å². The Labute approximate surface area is 188 Å². The van der Waals surface area contributed by atoms with E-state index in [9.17, 15) is 14.0 Å². The molecule has 9 nitrogen and oxygen atoms in total. The van der Waals surface area contributed by atoms with Crippen LogP contribution in [-0.4, -0.2) is 38.6 Å². The number of aromatic nitrogens is 4. The van der Waals surface area contributed by atoms with E-state index in [1.54, 1.807) is 24.3 Å². The van der Waals surface area contributed by atoms with Crippen LogP contribution in [0.1, 0.15) is 15.9 Å². The lowest BCUT2D eigenvalue weighted by Gasteiger charge is -2.09. The van der Waals surface area contributed by atoms with Crippen molar-refractivity contribution in [3.05, 3.63) is 95.8 Å². The number of rotatable bonds is 7. The van der Waals surface area contributed by atoms with Crippen LogP contribution in [0.5, 0.6) is 5.75 Å². The zero-order valence-electron chi connectivity index (χ0n) is 17.3. The molecule has 4 aromatic rings. The van der Waals surface area contributed by atoms with Crippen molar-refractivity contribution in [2.45, 2.75) is 6.54 Å². The van der Waals surface area contributed by atoms with Crippen LogP contribution in [0.3, 0.4) is 0 Å². The molecule has 166 valence electrons. The van der Waals surface area contributed by atoms with Crippen LogP contribution in [0.25, 0.3) is 11.4 Å². The first-order valence-electron chi connectivity index (χ1n) is 9.96. The maximum atomic E-state index is 13.1. The van der Waals surface area contributed by atoms with Crippen molar-refractivity contribution < 1.29 is 18.7 Å². The van der Waals surface area contributed by atoms with Gasteiger partial charge in [0.1, 0.15) is 11.6 Å². The molecule has 0 aliphatic carbocycles. The van der Waals surface area contributed by atoms with E-state index in [-0.39, 0.29) is 12.4 Å². The fraction of sp³-hybridized carbons (Fsp3) is 0.0870. The molecular weight excluding hydrogens is 427 g/mol. The van der Waals surface area contributed by atoms with Crippen LogP contribution < -0.4 is 15.6 Å². The Morgan fingerprint density at radius 1 is 0.939 bits per heavy atom. The smallest absolute Gasteiger partial charge is 0.276 e. The van der Waals surface area contributed by atoms with Crippen LogP contribution in [-0.2, 0) is 11.3 Å². The minimum atomic E-state index is -0.587. The van der Waals surface area contributed by atoms with E-state index in [1.807, 2.05) is 30.3 Å². The van der Waals surface area contributed by atoms with Gasteiger partial charge in [0.05, 0.1) is 6.54 Å². The molecule has 3 aromatic carbocycles. The van der Waals surface area contributed by atoms with E-state index in [0.717, 1.165) is 17.2 Å². The summed E-state index contributed by atoms with van der Waals surface area (Å²) in [6.45, 7) is 0.00837. The number of hydrogen-bond acceptors (Lipinski definition) is 6. The van der Waals surface area contributed by atoms with Crippen molar-refractivity contribution in [2.24, 2.45) is 0 Å². The first-order valence-corrected chi connectivity index (χ1v) is 9.96. The van der Waals surface area contributed by atoms with Gasteiger partial charge < -0.3 is 4.74 Å². The average molecular weight is 446 g/mol. The summed E-state index contributed by atoms with van der Waals surface area (Å²) >= 11 is 0. The number of nitrogens with one attached hydrogen (secondary N) is 2. The quantitative estimate of drug-likeness (QED) is 0.422. The maximum absolute atomic E-state index is 13.1. The molecule has 0 fully saturated rings. The highest BCUT2D eigenvalue weighted by Crippen LogP contribution is 2.13. The van der Waals surface area contributed by atoms with Gasteiger partial charge in [0, 0.05) is 17.2 Å². The SMILES string of the molecule is O=C(COc1cccc(F)c1)NNC(=O)c1ccc(Cn2nnc(-c3ccccc3)n2)cc1. The third-order valence-corrected chi connectivity index (χ3v) is 4.51. The Balaban J connectivity index is 1.26. The standard InChI is InChI=1S/C23H19FN6O3/c24-19-7-4-8-20(13-19)33-15-21(31)25-27-23(32)18-11-9-16(10-12-18)14-30-28-22(26-29-30)17-5-2-1-3-6-17/h1-13H,14-15H2,(H,25,31)(H,27,32). The summed E-state index contributed by atoms with van der Waals surface area (Å²) < 4.78 is 18.3.